The van der Waals surface area contributed by atoms with Crippen molar-refractivity contribution in [3.63, 3.8) is 0 Å². The minimum Gasteiger partial charge on any atom is -0.444 e. The molecule has 0 aromatic heterocycles. The first kappa shape index (κ1) is 15.1. The van der Waals surface area contributed by atoms with E-state index in [2.05, 4.69) is 17.9 Å². The van der Waals surface area contributed by atoms with Crippen molar-refractivity contribution in [2.45, 2.75) is 45.1 Å². The van der Waals surface area contributed by atoms with Gasteiger partial charge in [0.05, 0.1) is 0 Å². The van der Waals surface area contributed by atoms with Crippen molar-refractivity contribution < 1.29 is 14.3 Å². The number of nitrogens with one attached hydrogen (secondary N) is 1. The molecule has 0 heterocycles. The van der Waals surface area contributed by atoms with Crippen LogP contribution >= 0.6 is 12.6 Å². The monoisotopic (exact) mass is 248 g/mol. The molecule has 0 bridgehead atoms. The normalized spacial score (nSPS) is 15.4. The van der Waals surface area contributed by atoms with E-state index in [4.69, 9.17) is 10.5 Å². The molecule has 0 aliphatic carbocycles. The van der Waals surface area contributed by atoms with Gasteiger partial charge in [0.2, 0.25) is 0 Å². The van der Waals surface area contributed by atoms with E-state index in [1.807, 2.05) is 0 Å². The summed E-state index contributed by atoms with van der Waals surface area (Å²) in [5, 5.41) is 2.38. The molecule has 0 fully saturated rings. The van der Waals surface area contributed by atoms with Crippen LogP contribution in [0.15, 0.2) is 0 Å². The maximum absolute atomic E-state index is 11.5. The van der Waals surface area contributed by atoms with Crippen molar-refractivity contribution in [1.82, 2.24) is 5.32 Å². The molecular weight excluding hydrogens is 228 g/mol. The Kier molecular flexibility index (Phi) is 4.67. The molecule has 0 saturated heterocycles. The van der Waals surface area contributed by atoms with Gasteiger partial charge in [-0.3, -0.25) is 10.1 Å². The van der Waals surface area contributed by atoms with Gasteiger partial charge in [0.1, 0.15) is 5.60 Å². The molecule has 0 aromatic carbocycles. The summed E-state index contributed by atoms with van der Waals surface area (Å²) < 4.78 is 5.03. The summed E-state index contributed by atoms with van der Waals surface area (Å²) in [5.74, 6) is -0.961. The molecule has 0 aliphatic heterocycles. The number of primary amides is 1. The van der Waals surface area contributed by atoms with Crippen molar-refractivity contribution in [3.05, 3.63) is 0 Å². The lowest BCUT2D eigenvalue weighted by molar-refractivity contribution is -0.122. The smallest absolute Gasteiger partial charge is 0.409 e. The fraction of sp³-hybridized carbons (Fsp3) is 0.800. The van der Waals surface area contributed by atoms with Crippen molar-refractivity contribution in [2.24, 2.45) is 11.7 Å². The molecule has 3 N–H and O–H groups in total. The maximum Gasteiger partial charge on any atom is 0.409 e. The Hall–Kier alpha value is -0.910. The van der Waals surface area contributed by atoms with Crippen LogP contribution in [0.4, 0.5) is 4.79 Å². The van der Waals surface area contributed by atoms with Crippen LogP contribution in [-0.4, -0.2) is 22.5 Å². The fourth-order valence-electron chi connectivity index (χ4n) is 0.950. The number of hydrogen-bond donors (Lipinski definition) is 3. The molecule has 94 valence electrons. The Morgan fingerprint density at radius 3 is 2.00 bits per heavy atom. The minimum absolute atomic E-state index is 0.249. The predicted molar refractivity (Wildman–Crippen MR) is 65.1 cm³/mol. The topological polar surface area (TPSA) is 81.4 Å². The summed E-state index contributed by atoms with van der Waals surface area (Å²) in [6, 6.07) is 0. The second-order valence-corrected chi connectivity index (χ2v) is 5.62. The number of alkyl carbamates (subject to hydrolysis) is 1. The number of nitrogens with two attached hydrogens (primary N) is 1. The highest BCUT2D eigenvalue weighted by molar-refractivity contribution is 7.82. The number of carbonyl (C=O) groups is 2. The zero-order chi connectivity index (χ0) is 13.1. The Morgan fingerprint density at radius 2 is 1.75 bits per heavy atom. The number of carbonyl (C=O) groups excluding carboxylic acids is 2. The molecule has 0 unspecified atom stereocenters. The van der Waals surface area contributed by atoms with Crippen LogP contribution in [0.2, 0.25) is 0 Å². The quantitative estimate of drug-likeness (QED) is 0.520. The summed E-state index contributed by atoms with van der Waals surface area (Å²) in [6.07, 6.45) is -0.713. The van der Waals surface area contributed by atoms with E-state index in [1.165, 1.54) is 0 Å². The summed E-state index contributed by atoms with van der Waals surface area (Å²) in [4.78, 5) is 21.3. The maximum atomic E-state index is 11.5. The van der Waals surface area contributed by atoms with Gasteiger partial charge in [0, 0.05) is 0 Å². The van der Waals surface area contributed by atoms with E-state index >= 15 is 0 Å². The Morgan fingerprint density at radius 1 is 1.31 bits per heavy atom. The standard InChI is InChI=1S/C10H20N2O3S/c1-6(2)10(16,7(11)13)12-8(14)15-9(3,4)5/h6,16H,1-5H3,(H2,11,13)(H,12,14)/t10-/m0/s1. The van der Waals surface area contributed by atoms with E-state index in [0.717, 1.165) is 0 Å². The third-order valence-corrected chi connectivity index (χ3v) is 2.75. The second-order valence-electron chi connectivity index (χ2n) is 4.91. The first-order valence-electron chi connectivity index (χ1n) is 5.02. The lowest BCUT2D eigenvalue weighted by Crippen LogP contribution is -2.57. The lowest BCUT2D eigenvalue weighted by atomic mass is 10.0. The van der Waals surface area contributed by atoms with Crippen molar-refractivity contribution in [1.29, 1.82) is 0 Å². The molecule has 0 aromatic rings. The SMILES string of the molecule is CC(C)[C@@](S)(NC(=O)OC(C)(C)C)C(N)=O. The van der Waals surface area contributed by atoms with Crippen LogP contribution in [0.25, 0.3) is 0 Å². The highest BCUT2D eigenvalue weighted by Crippen LogP contribution is 2.22. The Labute approximate surface area is 102 Å². The average Bonchev–Trinajstić information content (AvgIpc) is 1.98. The number of amides is 2. The van der Waals surface area contributed by atoms with Gasteiger partial charge in [-0.1, -0.05) is 13.8 Å². The van der Waals surface area contributed by atoms with Crippen molar-refractivity contribution >= 4 is 24.6 Å². The fourth-order valence-corrected chi connectivity index (χ4v) is 1.04. The van der Waals surface area contributed by atoms with Crippen molar-refractivity contribution in [2.75, 3.05) is 0 Å². The van der Waals surface area contributed by atoms with Crippen LogP contribution in [0, 0.1) is 5.92 Å². The molecule has 0 aliphatic rings. The van der Waals surface area contributed by atoms with Crippen LogP contribution in [-0.2, 0) is 9.53 Å². The largest absolute Gasteiger partial charge is 0.444 e. The number of rotatable bonds is 3. The summed E-state index contributed by atoms with van der Waals surface area (Å²) in [5.41, 5.74) is 4.57. The van der Waals surface area contributed by atoms with Gasteiger partial charge in [-0.15, -0.1) is 12.6 Å². The minimum atomic E-state index is -1.40. The molecule has 0 rings (SSSR count). The number of hydrogen-bond acceptors (Lipinski definition) is 4. The van der Waals surface area contributed by atoms with Gasteiger partial charge in [0.15, 0.2) is 4.87 Å². The summed E-state index contributed by atoms with van der Waals surface area (Å²) in [7, 11) is 0. The van der Waals surface area contributed by atoms with Crippen molar-refractivity contribution in [3.8, 4) is 0 Å². The van der Waals surface area contributed by atoms with E-state index < -0.39 is 22.5 Å². The third kappa shape index (κ3) is 4.30. The van der Waals surface area contributed by atoms with E-state index in [1.54, 1.807) is 34.6 Å². The summed E-state index contributed by atoms with van der Waals surface area (Å²) >= 11 is 4.11. The van der Waals surface area contributed by atoms with Gasteiger partial charge >= 0.3 is 6.09 Å². The van der Waals surface area contributed by atoms with Crippen LogP contribution < -0.4 is 11.1 Å². The molecule has 2 amide bonds. The lowest BCUT2D eigenvalue weighted by Gasteiger charge is -2.31. The molecule has 16 heavy (non-hydrogen) atoms. The first-order chi connectivity index (χ1) is 6.99. The zero-order valence-electron chi connectivity index (χ0n) is 10.3. The molecule has 0 radical (unpaired) electrons. The second kappa shape index (κ2) is 4.95. The van der Waals surface area contributed by atoms with Gasteiger partial charge in [-0.2, -0.15) is 0 Å². The van der Waals surface area contributed by atoms with Gasteiger partial charge in [0.25, 0.3) is 5.91 Å². The molecular formula is C10H20N2O3S. The van der Waals surface area contributed by atoms with Crippen LogP contribution in [0.1, 0.15) is 34.6 Å². The Bertz CT molecular complexity index is 286. The zero-order valence-corrected chi connectivity index (χ0v) is 11.2. The predicted octanol–water partition coefficient (Wildman–Crippen LogP) is 1.28. The molecule has 0 saturated carbocycles. The first-order valence-corrected chi connectivity index (χ1v) is 5.47. The van der Waals surface area contributed by atoms with Crippen LogP contribution in [0.5, 0.6) is 0 Å². The highest BCUT2D eigenvalue weighted by Gasteiger charge is 2.38. The summed E-state index contributed by atoms with van der Waals surface area (Å²) in [6.45, 7) is 8.65. The van der Waals surface area contributed by atoms with E-state index in [-0.39, 0.29) is 5.92 Å². The average molecular weight is 248 g/mol. The van der Waals surface area contributed by atoms with E-state index in [9.17, 15) is 9.59 Å². The molecule has 0 spiro atoms. The molecule has 1 atom stereocenters. The van der Waals surface area contributed by atoms with Gasteiger partial charge < -0.3 is 10.5 Å². The number of ether oxygens (including phenoxy) is 1. The van der Waals surface area contributed by atoms with E-state index in [0.29, 0.717) is 0 Å². The third-order valence-electron chi connectivity index (χ3n) is 1.90. The molecule has 6 heteroatoms. The van der Waals surface area contributed by atoms with Gasteiger partial charge in [-0.05, 0) is 26.7 Å². The Balaban J connectivity index is 4.68. The molecule has 5 nitrogen and oxygen atoms in total. The van der Waals surface area contributed by atoms with Gasteiger partial charge in [-0.25, -0.2) is 4.79 Å². The van der Waals surface area contributed by atoms with Crippen LogP contribution in [0.3, 0.4) is 0 Å². The highest BCUT2D eigenvalue weighted by atomic mass is 32.1. The number of thiol groups is 1.